The number of Topliss-reactive ketones (excluding diaryl/α,β-unsaturated/α-hetero) is 1. The monoisotopic (exact) mass is 361 g/mol. The Morgan fingerprint density at radius 3 is 2.62 bits per heavy atom. The van der Waals surface area contributed by atoms with Crippen molar-refractivity contribution in [1.29, 1.82) is 0 Å². The fraction of sp³-hybridized carbons (Fsp3) is 0.222. The molecule has 0 spiro atoms. The third-order valence-corrected chi connectivity index (χ3v) is 5.03. The van der Waals surface area contributed by atoms with Crippen molar-refractivity contribution >= 4 is 34.4 Å². The van der Waals surface area contributed by atoms with Crippen LogP contribution in [-0.4, -0.2) is 29.4 Å². The third-order valence-electron chi connectivity index (χ3n) is 3.68. The van der Waals surface area contributed by atoms with Crippen molar-refractivity contribution in [3.63, 3.8) is 0 Å². The molecule has 2 aromatic rings. The van der Waals surface area contributed by atoms with E-state index < -0.39 is 0 Å². The summed E-state index contributed by atoms with van der Waals surface area (Å²) < 4.78 is 5.54. The van der Waals surface area contributed by atoms with E-state index in [-0.39, 0.29) is 22.9 Å². The van der Waals surface area contributed by atoms with E-state index in [0.29, 0.717) is 22.9 Å². The number of benzene rings is 2. The van der Waals surface area contributed by atoms with Crippen LogP contribution in [-0.2, 0) is 6.42 Å². The Kier molecular flexibility index (Phi) is 5.43. The lowest BCUT2D eigenvalue weighted by molar-refractivity contribution is 0.0921. The van der Waals surface area contributed by atoms with Crippen molar-refractivity contribution in [1.82, 2.24) is 5.32 Å². The standard InChI is InChI=1S/C18H16ClNO3S/c19-16-4-2-1-3-15(16)17(21)11-23-13-7-5-12(6-8-13)9-14-10-20-18(22)24-14/h1-8,14H,9-11H2,(H,20,22). The number of amides is 1. The Hall–Kier alpha value is -1.98. The number of ketones is 1. The van der Waals surface area contributed by atoms with Crippen molar-refractivity contribution < 1.29 is 14.3 Å². The zero-order valence-electron chi connectivity index (χ0n) is 12.8. The molecule has 0 radical (unpaired) electrons. The molecule has 0 aliphatic carbocycles. The van der Waals surface area contributed by atoms with Gasteiger partial charge in [0.25, 0.3) is 5.24 Å². The average molecular weight is 362 g/mol. The first-order valence-corrected chi connectivity index (χ1v) is 8.81. The van der Waals surface area contributed by atoms with Crippen LogP contribution in [0.3, 0.4) is 0 Å². The normalized spacial score (nSPS) is 16.7. The van der Waals surface area contributed by atoms with Crippen LogP contribution in [0.1, 0.15) is 15.9 Å². The summed E-state index contributed by atoms with van der Waals surface area (Å²) in [5, 5.41) is 3.54. The van der Waals surface area contributed by atoms with Crippen LogP contribution < -0.4 is 10.1 Å². The minimum atomic E-state index is -0.156. The highest BCUT2D eigenvalue weighted by Crippen LogP contribution is 2.23. The van der Waals surface area contributed by atoms with Gasteiger partial charge >= 0.3 is 0 Å². The van der Waals surface area contributed by atoms with Crippen LogP contribution in [0.2, 0.25) is 5.02 Å². The van der Waals surface area contributed by atoms with Gasteiger partial charge in [-0.3, -0.25) is 9.59 Å². The van der Waals surface area contributed by atoms with E-state index in [9.17, 15) is 9.59 Å². The van der Waals surface area contributed by atoms with Crippen LogP contribution in [0.4, 0.5) is 4.79 Å². The van der Waals surface area contributed by atoms with E-state index in [1.54, 1.807) is 24.3 Å². The maximum atomic E-state index is 12.1. The molecule has 1 fully saturated rings. The molecule has 1 unspecified atom stereocenters. The van der Waals surface area contributed by atoms with E-state index in [0.717, 1.165) is 12.0 Å². The predicted molar refractivity (Wildman–Crippen MR) is 96.2 cm³/mol. The molecule has 1 saturated heterocycles. The molecule has 1 atom stereocenters. The fourth-order valence-corrected chi connectivity index (χ4v) is 3.60. The van der Waals surface area contributed by atoms with Crippen molar-refractivity contribution in [2.45, 2.75) is 11.7 Å². The van der Waals surface area contributed by atoms with E-state index in [1.807, 2.05) is 24.3 Å². The molecule has 2 aromatic carbocycles. The van der Waals surface area contributed by atoms with Crippen molar-refractivity contribution in [2.24, 2.45) is 0 Å². The van der Waals surface area contributed by atoms with Gasteiger partial charge in [0.1, 0.15) is 5.75 Å². The molecule has 124 valence electrons. The first kappa shape index (κ1) is 16.9. The van der Waals surface area contributed by atoms with Gasteiger partial charge in [-0.15, -0.1) is 0 Å². The number of thioether (sulfide) groups is 1. The molecule has 1 aliphatic rings. The number of nitrogens with one attached hydrogen (secondary N) is 1. The highest BCUT2D eigenvalue weighted by Gasteiger charge is 2.22. The number of ether oxygens (including phenoxy) is 1. The minimum Gasteiger partial charge on any atom is -0.485 e. The summed E-state index contributed by atoms with van der Waals surface area (Å²) in [6.45, 7) is 0.647. The summed E-state index contributed by atoms with van der Waals surface area (Å²) in [4.78, 5) is 23.3. The van der Waals surface area contributed by atoms with Gasteiger partial charge in [0.15, 0.2) is 6.61 Å². The van der Waals surface area contributed by atoms with Crippen molar-refractivity contribution in [2.75, 3.05) is 13.2 Å². The molecule has 4 nitrogen and oxygen atoms in total. The Morgan fingerprint density at radius 2 is 1.96 bits per heavy atom. The van der Waals surface area contributed by atoms with E-state index in [2.05, 4.69) is 5.32 Å². The summed E-state index contributed by atoms with van der Waals surface area (Å²) in [7, 11) is 0. The summed E-state index contributed by atoms with van der Waals surface area (Å²) in [5.41, 5.74) is 1.60. The first-order chi connectivity index (χ1) is 11.6. The van der Waals surface area contributed by atoms with Crippen LogP contribution >= 0.6 is 23.4 Å². The van der Waals surface area contributed by atoms with Crippen LogP contribution in [0, 0.1) is 0 Å². The largest absolute Gasteiger partial charge is 0.485 e. The van der Waals surface area contributed by atoms with E-state index in [4.69, 9.17) is 16.3 Å². The second-order valence-corrected chi connectivity index (χ2v) is 7.13. The highest BCUT2D eigenvalue weighted by atomic mass is 35.5. The quantitative estimate of drug-likeness (QED) is 0.791. The van der Waals surface area contributed by atoms with Gasteiger partial charge in [-0.25, -0.2) is 0 Å². The Labute approximate surface area is 149 Å². The van der Waals surface area contributed by atoms with Gasteiger partial charge in [-0.2, -0.15) is 0 Å². The van der Waals surface area contributed by atoms with Crippen LogP contribution in [0.15, 0.2) is 48.5 Å². The van der Waals surface area contributed by atoms with E-state index in [1.165, 1.54) is 11.8 Å². The Bertz CT molecular complexity index is 748. The first-order valence-electron chi connectivity index (χ1n) is 7.56. The van der Waals surface area contributed by atoms with Crippen molar-refractivity contribution in [3.8, 4) is 5.75 Å². The maximum absolute atomic E-state index is 12.1. The minimum absolute atomic E-state index is 0.0399. The van der Waals surface area contributed by atoms with Gasteiger partial charge in [-0.05, 0) is 36.2 Å². The van der Waals surface area contributed by atoms with Gasteiger partial charge < -0.3 is 10.1 Å². The molecule has 3 rings (SSSR count). The molecule has 0 bridgehead atoms. The van der Waals surface area contributed by atoms with Gasteiger partial charge in [0.2, 0.25) is 5.78 Å². The fourth-order valence-electron chi connectivity index (χ4n) is 2.44. The molecule has 1 heterocycles. The Morgan fingerprint density at radius 1 is 1.21 bits per heavy atom. The maximum Gasteiger partial charge on any atom is 0.279 e. The van der Waals surface area contributed by atoms with Gasteiger partial charge in [0.05, 0.1) is 5.02 Å². The second kappa shape index (κ2) is 7.73. The van der Waals surface area contributed by atoms with Crippen LogP contribution in [0.5, 0.6) is 5.75 Å². The average Bonchev–Trinajstić information content (AvgIpc) is 2.99. The molecule has 1 amide bonds. The zero-order valence-corrected chi connectivity index (χ0v) is 14.4. The molecule has 1 aliphatic heterocycles. The number of halogens is 1. The van der Waals surface area contributed by atoms with E-state index >= 15 is 0 Å². The second-order valence-electron chi connectivity index (χ2n) is 5.45. The number of hydrogen-bond donors (Lipinski definition) is 1. The summed E-state index contributed by atoms with van der Waals surface area (Å²) in [6, 6.07) is 14.5. The molecule has 1 N–H and O–H groups in total. The lowest BCUT2D eigenvalue weighted by atomic mass is 10.1. The molecule has 0 aromatic heterocycles. The number of hydrogen-bond acceptors (Lipinski definition) is 4. The Balaban J connectivity index is 1.54. The summed E-state index contributed by atoms with van der Waals surface area (Å²) in [6.07, 6.45) is 0.822. The number of rotatable bonds is 6. The number of carbonyl (C=O) groups is 2. The lowest BCUT2D eigenvalue weighted by Crippen LogP contribution is -2.16. The molecule has 6 heteroatoms. The molecular weight excluding hydrogens is 346 g/mol. The van der Waals surface area contributed by atoms with Crippen LogP contribution in [0.25, 0.3) is 0 Å². The smallest absolute Gasteiger partial charge is 0.279 e. The molecule has 24 heavy (non-hydrogen) atoms. The van der Waals surface area contributed by atoms with Gasteiger partial charge in [0, 0.05) is 17.4 Å². The van der Waals surface area contributed by atoms with Gasteiger partial charge in [-0.1, -0.05) is 47.6 Å². The topological polar surface area (TPSA) is 55.4 Å². The number of carbonyl (C=O) groups excluding carboxylic acids is 2. The summed E-state index contributed by atoms with van der Waals surface area (Å²) >= 11 is 7.34. The molecular formula is C18H16ClNO3S. The highest BCUT2D eigenvalue weighted by molar-refractivity contribution is 8.14. The lowest BCUT2D eigenvalue weighted by Gasteiger charge is -2.09. The zero-order chi connectivity index (χ0) is 16.9. The predicted octanol–water partition coefficient (Wildman–Crippen LogP) is 3.97. The third kappa shape index (κ3) is 4.30. The SMILES string of the molecule is O=C1NCC(Cc2ccc(OCC(=O)c3ccccc3Cl)cc2)S1. The van der Waals surface area contributed by atoms with Crippen molar-refractivity contribution in [3.05, 3.63) is 64.7 Å². The molecule has 0 saturated carbocycles. The summed E-state index contributed by atoms with van der Waals surface area (Å²) in [5.74, 6) is 0.476.